The van der Waals surface area contributed by atoms with E-state index < -0.39 is 0 Å². The first-order valence-electron chi connectivity index (χ1n) is 8.06. The molecule has 0 spiro atoms. The van der Waals surface area contributed by atoms with E-state index in [-0.39, 0.29) is 0 Å². The summed E-state index contributed by atoms with van der Waals surface area (Å²) in [6.45, 7) is 6.52. The molecule has 24 heavy (non-hydrogen) atoms. The van der Waals surface area contributed by atoms with Crippen LogP contribution >= 0.6 is 11.6 Å². The minimum atomic E-state index is 0.542. The third kappa shape index (κ3) is 5.74. The van der Waals surface area contributed by atoms with Crippen LogP contribution in [0.5, 0.6) is 5.88 Å². The molecule has 0 aliphatic carbocycles. The van der Waals surface area contributed by atoms with E-state index in [1.807, 2.05) is 50.2 Å². The lowest BCUT2D eigenvalue weighted by Crippen LogP contribution is -2.36. The van der Waals surface area contributed by atoms with Crippen molar-refractivity contribution in [2.45, 2.75) is 26.9 Å². The highest BCUT2D eigenvalue weighted by molar-refractivity contribution is 6.31. The van der Waals surface area contributed by atoms with Crippen LogP contribution in [0.2, 0.25) is 5.02 Å². The lowest BCUT2D eigenvalue weighted by atomic mass is 10.2. The number of hydrogen-bond donors (Lipinski definition) is 2. The van der Waals surface area contributed by atoms with E-state index in [1.165, 1.54) is 0 Å². The molecule has 0 unspecified atom stereocenters. The number of pyridine rings is 1. The lowest BCUT2D eigenvalue weighted by molar-refractivity contribution is 0.326. The van der Waals surface area contributed by atoms with Crippen LogP contribution in [0.15, 0.2) is 47.6 Å². The minimum absolute atomic E-state index is 0.542. The van der Waals surface area contributed by atoms with Crippen molar-refractivity contribution in [2.24, 2.45) is 4.99 Å². The van der Waals surface area contributed by atoms with Crippen LogP contribution in [0.25, 0.3) is 0 Å². The molecule has 1 aromatic carbocycles. The maximum atomic E-state index is 6.18. The first-order valence-corrected chi connectivity index (χ1v) is 8.44. The largest absolute Gasteiger partial charge is 0.478 e. The first kappa shape index (κ1) is 18.1. The van der Waals surface area contributed by atoms with Crippen LogP contribution in [-0.4, -0.2) is 24.1 Å². The quantitative estimate of drug-likeness (QED) is 0.596. The number of ether oxygens (including phenoxy) is 1. The van der Waals surface area contributed by atoms with E-state index in [9.17, 15) is 0 Å². The monoisotopic (exact) mass is 346 g/mol. The van der Waals surface area contributed by atoms with Gasteiger partial charge in [0, 0.05) is 30.4 Å². The first-order chi connectivity index (χ1) is 11.7. The topological polar surface area (TPSA) is 58.5 Å². The fourth-order valence-electron chi connectivity index (χ4n) is 2.11. The number of aromatic nitrogens is 1. The predicted molar refractivity (Wildman–Crippen MR) is 98.5 cm³/mol. The third-order valence-corrected chi connectivity index (χ3v) is 3.63. The highest BCUT2D eigenvalue weighted by Crippen LogP contribution is 2.14. The van der Waals surface area contributed by atoms with Crippen LogP contribution in [0.4, 0.5) is 0 Å². The van der Waals surface area contributed by atoms with Crippen molar-refractivity contribution in [3.8, 4) is 5.88 Å². The molecule has 2 aromatic rings. The molecule has 0 aliphatic rings. The summed E-state index contributed by atoms with van der Waals surface area (Å²) in [6, 6.07) is 11.6. The average Bonchev–Trinajstić information content (AvgIpc) is 2.59. The van der Waals surface area contributed by atoms with Crippen molar-refractivity contribution < 1.29 is 4.74 Å². The molecule has 0 atom stereocenters. The molecule has 0 fully saturated rings. The SMILES string of the molecule is CCNC(=NCc1ccnc(OCC)c1)NCc1ccccc1Cl. The fourth-order valence-corrected chi connectivity index (χ4v) is 2.31. The Morgan fingerprint density at radius 2 is 2.04 bits per heavy atom. The summed E-state index contributed by atoms with van der Waals surface area (Å²) in [5.74, 6) is 1.37. The van der Waals surface area contributed by atoms with Crippen molar-refractivity contribution in [3.63, 3.8) is 0 Å². The minimum Gasteiger partial charge on any atom is -0.478 e. The molecule has 0 saturated carbocycles. The standard InChI is InChI=1S/C18H23ClN4O/c1-3-20-18(23-13-15-7-5-6-8-16(15)19)22-12-14-9-10-21-17(11-14)24-4-2/h5-11H,3-4,12-13H2,1-2H3,(H2,20,22,23). The second kappa shape index (κ2) is 9.78. The van der Waals surface area contributed by atoms with E-state index in [1.54, 1.807) is 6.20 Å². The summed E-state index contributed by atoms with van der Waals surface area (Å²) >= 11 is 6.18. The Kier molecular flexibility index (Phi) is 7.36. The number of nitrogens with one attached hydrogen (secondary N) is 2. The number of nitrogens with zero attached hydrogens (tertiary/aromatic N) is 2. The van der Waals surface area contributed by atoms with Gasteiger partial charge < -0.3 is 15.4 Å². The van der Waals surface area contributed by atoms with Crippen LogP contribution in [-0.2, 0) is 13.1 Å². The molecule has 2 rings (SSSR count). The fraction of sp³-hybridized carbons (Fsp3) is 0.333. The normalized spacial score (nSPS) is 11.2. The van der Waals surface area contributed by atoms with Gasteiger partial charge in [0.05, 0.1) is 13.2 Å². The van der Waals surface area contributed by atoms with E-state index in [0.717, 1.165) is 28.7 Å². The molecule has 0 amide bonds. The van der Waals surface area contributed by atoms with Gasteiger partial charge in [0.2, 0.25) is 5.88 Å². The summed E-state index contributed by atoms with van der Waals surface area (Å²) in [5, 5.41) is 7.27. The average molecular weight is 347 g/mol. The molecular weight excluding hydrogens is 324 g/mol. The predicted octanol–water partition coefficient (Wildman–Crippen LogP) is 3.39. The van der Waals surface area contributed by atoms with Gasteiger partial charge in [-0.05, 0) is 37.1 Å². The lowest BCUT2D eigenvalue weighted by Gasteiger charge is -2.12. The Labute approximate surface area is 148 Å². The van der Waals surface area contributed by atoms with E-state index in [4.69, 9.17) is 16.3 Å². The van der Waals surface area contributed by atoms with Crippen LogP contribution < -0.4 is 15.4 Å². The van der Waals surface area contributed by atoms with Gasteiger partial charge in [0.15, 0.2) is 5.96 Å². The van der Waals surface area contributed by atoms with E-state index >= 15 is 0 Å². The van der Waals surface area contributed by atoms with E-state index in [0.29, 0.717) is 25.6 Å². The van der Waals surface area contributed by atoms with Crippen LogP contribution in [0, 0.1) is 0 Å². The molecule has 0 aliphatic heterocycles. The van der Waals surface area contributed by atoms with Gasteiger partial charge in [0.25, 0.3) is 0 Å². The zero-order chi connectivity index (χ0) is 17.2. The number of rotatable bonds is 7. The molecule has 1 aromatic heterocycles. The number of hydrogen-bond acceptors (Lipinski definition) is 3. The van der Waals surface area contributed by atoms with Gasteiger partial charge in [-0.2, -0.15) is 0 Å². The highest BCUT2D eigenvalue weighted by Gasteiger charge is 2.02. The summed E-state index contributed by atoms with van der Waals surface area (Å²) in [4.78, 5) is 8.76. The van der Waals surface area contributed by atoms with Crippen molar-refractivity contribution in [1.29, 1.82) is 0 Å². The van der Waals surface area contributed by atoms with Crippen molar-refractivity contribution in [2.75, 3.05) is 13.2 Å². The Morgan fingerprint density at radius 1 is 1.21 bits per heavy atom. The van der Waals surface area contributed by atoms with Gasteiger partial charge in [-0.1, -0.05) is 29.8 Å². The summed E-state index contributed by atoms with van der Waals surface area (Å²) < 4.78 is 5.41. The highest BCUT2D eigenvalue weighted by atomic mass is 35.5. The second-order valence-electron chi connectivity index (χ2n) is 5.08. The smallest absolute Gasteiger partial charge is 0.213 e. The summed E-state index contributed by atoms with van der Waals surface area (Å²) in [5.41, 5.74) is 2.08. The maximum Gasteiger partial charge on any atom is 0.213 e. The van der Waals surface area contributed by atoms with E-state index in [2.05, 4.69) is 20.6 Å². The zero-order valence-corrected chi connectivity index (χ0v) is 14.8. The Bertz CT molecular complexity index is 676. The molecule has 1 heterocycles. The molecule has 0 saturated heterocycles. The van der Waals surface area contributed by atoms with Crippen LogP contribution in [0.1, 0.15) is 25.0 Å². The molecule has 0 bridgehead atoms. The summed E-state index contributed by atoms with van der Waals surface area (Å²) in [7, 11) is 0. The number of guanidine groups is 1. The Hall–Kier alpha value is -2.27. The number of halogens is 1. The van der Waals surface area contributed by atoms with Crippen molar-refractivity contribution in [3.05, 3.63) is 58.7 Å². The Morgan fingerprint density at radius 3 is 2.79 bits per heavy atom. The number of aliphatic imine (C=N–C) groups is 1. The van der Waals surface area contributed by atoms with Gasteiger partial charge in [-0.3, -0.25) is 0 Å². The molecule has 2 N–H and O–H groups in total. The number of benzene rings is 1. The maximum absolute atomic E-state index is 6.18. The zero-order valence-electron chi connectivity index (χ0n) is 14.1. The summed E-state index contributed by atoms with van der Waals surface area (Å²) in [6.07, 6.45) is 1.74. The molecule has 6 heteroatoms. The van der Waals surface area contributed by atoms with Gasteiger partial charge in [-0.15, -0.1) is 0 Å². The van der Waals surface area contributed by atoms with Gasteiger partial charge in [-0.25, -0.2) is 9.98 Å². The molecule has 0 radical (unpaired) electrons. The van der Waals surface area contributed by atoms with Gasteiger partial charge >= 0.3 is 0 Å². The van der Waals surface area contributed by atoms with Gasteiger partial charge in [0.1, 0.15) is 0 Å². The van der Waals surface area contributed by atoms with Crippen molar-refractivity contribution >= 4 is 17.6 Å². The van der Waals surface area contributed by atoms with Crippen LogP contribution in [0.3, 0.4) is 0 Å². The second-order valence-corrected chi connectivity index (χ2v) is 5.48. The molecule has 128 valence electrons. The molecular formula is C18H23ClN4O. The Balaban J connectivity index is 2.00. The van der Waals surface area contributed by atoms with Crippen molar-refractivity contribution in [1.82, 2.24) is 15.6 Å². The molecule has 5 nitrogen and oxygen atoms in total. The third-order valence-electron chi connectivity index (χ3n) is 3.26.